The number of nitrogens with one attached hydrogen (secondary N) is 2. The Labute approximate surface area is 157 Å². The molecule has 0 spiro atoms. The first-order valence-corrected chi connectivity index (χ1v) is 8.93. The number of nitrogens with zero attached hydrogens (tertiary/aromatic N) is 2. The first kappa shape index (κ1) is 19.3. The van der Waals surface area contributed by atoms with Crippen molar-refractivity contribution in [3.8, 4) is 5.75 Å². The van der Waals surface area contributed by atoms with E-state index in [1.54, 1.807) is 24.3 Å². The largest absolute Gasteiger partial charge is 0.491 e. The molecule has 2 heterocycles. The molecule has 0 radical (unpaired) electrons. The van der Waals surface area contributed by atoms with E-state index in [-0.39, 0.29) is 37.9 Å². The Morgan fingerprint density at radius 1 is 1.41 bits per heavy atom. The van der Waals surface area contributed by atoms with Crippen LogP contribution >= 0.6 is 0 Å². The van der Waals surface area contributed by atoms with Gasteiger partial charge in [-0.3, -0.25) is 19.5 Å². The molecule has 3 rings (SSSR count). The van der Waals surface area contributed by atoms with Crippen LogP contribution in [0, 0.1) is 0 Å². The van der Waals surface area contributed by atoms with Crippen LogP contribution in [0.4, 0.5) is 5.69 Å². The molecule has 1 aromatic rings. The van der Waals surface area contributed by atoms with E-state index in [0.29, 0.717) is 43.6 Å². The number of amides is 1. The van der Waals surface area contributed by atoms with Gasteiger partial charge in [0.05, 0.1) is 26.2 Å². The SMILES string of the molecule is O=C(CC1=NCC(=O)C(N2CCOCC2)N1)Nc1cccc(OCCO)c1. The summed E-state index contributed by atoms with van der Waals surface area (Å²) in [5, 5.41) is 14.7. The number of ether oxygens (including phenoxy) is 2. The van der Waals surface area contributed by atoms with Gasteiger partial charge in [-0.05, 0) is 12.1 Å². The topological polar surface area (TPSA) is 112 Å². The molecular weight excluding hydrogens is 352 g/mol. The summed E-state index contributed by atoms with van der Waals surface area (Å²) in [6, 6.07) is 6.94. The molecule has 2 aliphatic rings. The van der Waals surface area contributed by atoms with Crippen molar-refractivity contribution in [1.29, 1.82) is 0 Å². The Hall–Kier alpha value is -2.49. The molecule has 9 heteroatoms. The van der Waals surface area contributed by atoms with Crippen LogP contribution in [0.3, 0.4) is 0 Å². The van der Waals surface area contributed by atoms with Crippen LogP contribution in [0.25, 0.3) is 0 Å². The maximum Gasteiger partial charge on any atom is 0.231 e. The summed E-state index contributed by atoms with van der Waals surface area (Å²) >= 11 is 0. The summed E-state index contributed by atoms with van der Waals surface area (Å²) in [7, 11) is 0. The molecule has 9 nitrogen and oxygen atoms in total. The van der Waals surface area contributed by atoms with E-state index in [9.17, 15) is 9.59 Å². The highest BCUT2D eigenvalue weighted by Gasteiger charge is 2.31. The monoisotopic (exact) mass is 376 g/mol. The van der Waals surface area contributed by atoms with Gasteiger partial charge in [-0.25, -0.2) is 0 Å². The average molecular weight is 376 g/mol. The van der Waals surface area contributed by atoms with Crippen molar-refractivity contribution in [2.75, 3.05) is 51.4 Å². The molecule has 1 unspecified atom stereocenters. The number of carbonyl (C=O) groups excluding carboxylic acids is 2. The molecule has 27 heavy (non-hydrogen) atoms. The summed E-state index contributed by atoms with van der Waals surface area (Å²) in [5.74, 6) is 0.815. The predicted octanol–water partition coefficient (Wildman–Crippen LogP) is -0.385. The number of amidine groups is 1. The maximum absolute atomic E-state index is 12.3. The Kier molecular flexibility index (Phi) is 6.74. The third-order valence-electron chi connectivity index (χ3n) is 4.25. The first-order valence-electron chi connectivity index (χ1n) is 8.93. The molecule has 0 saturated carbocycles. The third-order valence-corrected chi connectivity index (χ3v) is 4.25. The van der Waals surface area contributed by atoms with E-state index in [0.717, 1.165) is 0 Å². The molecule has 0 aliphatic carbocycles. The number of rotatable bonds is 7. The second kappa shape index (κ2) is 9.45. The summed E-state index contributed by atoms with van der Waals surface area (Å²) < 4.78 is 10.6. The Balaban J connectivity index is 1.55. The Morgan fingerprint density at radius 3 is 3.00 bits per heavy atom. The van der Waals surface area contributed by atoms with E-state index < -0.39 is 6.17 Å². The molecule has 1 fully saturated rings. The highest BCUT2D eigenvalue weighted by molar-refractivity contribution is 6.08. The normalized spacial score (nSPS) is 20.6. The van der Waals surface area contributed by atoms with Crippen molar-refractivity contribution >= 4 is 23.2 Å². The fourth-order valence-corrected chi connectivity index (χ4v) is 2.97. The highest BCUT2D eigenvalue weighted by atomic mass is 16.5. The van der Waals surface area contributed by atoms with Crippen LogP contribution in [0.5, 0.6) is 5.75 Å². The quantitative estimate of drug-likeness (QED) is 0.594. The molecule has 3 N–H and O–H groups in total. The van der Waals surface area contributed by atoms with Crippen molar-refractivity contribution in [3.63, 3.8) is 0 Å². The average Bonchev–Trinajstić information content (AvgIpc) is 2.69. The molecule has 1 atom stereocenters. The van der Waals surface area contributed by atoms with Gasteiger partial charge in [0, 0.05) is 24.8 Å². The van der Waals surface area contributed by atoms with Crippen LogP contribution < -0.4 is 15.4 Å². The number of Topliss-reactive ketones (excluding diaryl/α,β-unsaturated/α-hetero) is 1. The number of hydrogen-bond donors (Lipinski definition) is 3. The summed E-state index contributed by atoms with van der Waals surface area (Å²) in [5.41, 5.74) is 0.590. The minimum Gasteiger partial charge on any atom is -0.491 e. The minimum absolute atomic E-state index is 0.00482. The van der Waals surface area contributed by atoms with Crippen molar-refractivity contribution in [2.45, 2.75) is 12.6 Å². The molecule has 1 saturated heterocycles. The number of morpholine rings is 1. The highest BCUT2D eigenvalue weighted by Crippen LogP contribution is 2.17. The van der Waals surface area contributed by atoms with E-state index in [4.69, 9.17) is 14.6 Å². The zero-order valence-electron chi connectivity index (χ0n) is 15.0. The van der Waals surface area contributed by atoms with Crippen molar-refractivity contribution in [2.24, 2.45) is 4.99 Å². The fraction of sp³-hybridized carbons (Fsp3) is 0.500. The van der Waals surface area contributed by atoms with Crippen LogP contribution in [-0.4, -0.2) is 79.8 Å². The van der Waals surface area contributed by atoms with E-state index in [2.05, 4.69) is 15.6 Å². The lowest BCUT2D eigenvalue weighted by Crippen LogP contribution is -2.59. The van der Waals surface area contributed by atoms with Crippen molar-refractivity contribution < 1.29 is 24.2 Å². The summed E-state index contributed by atoms with van der Waals surface area (Å²) in [6.45, 7) is 2.70. The van der Waals surface area contributed by atoms with Gasteiger partial charge in [-0.15, -0.1) is 0 Å². The van der Waals surface area contributed by atoms with Crippen molar-refractivity contribution in [3.05, 3.63) is 24.3 Å². The van der Waals surface area contributed by atoms with Crippen LogP contribution in [0.15, 0.2) is 29.3 Å². The second-order valence-corrected chi connectivity index (χ2v) is 6.25. The molecule has 1 amide bonds. The van der Waals surface area contributed by atoms with Crippen LogP contribution in [0.1, 0.15) is 6.42 Å². The smallest absolute Gasteiger partial charge is 0.231 e. The molecule has 0 bridgehead atoms. The van der Waals surface area contributed by atoms with Gasteiger partial charge in [0.15, 0.2) is 5.78 Å². The standard InChI is InChI=1S/C18H24N4O5/c23-6-9-27-14-3-1-2-13(10-14)20-17(25)11-16-19-12-15(24)18(21-16)22-4-7-26-8-5-22/h1-3,10,18,23H,4-9,11-12H2,(H,19,21)(H,20,25). The van der Waals surface area contributed by atoms with Gasteiger partial charge in [0.25, 0.3) is 0 Å². The van der Waals surface area contributed by atoms with Gasteiger partial charge >= 0.3 is 0 Å². The fourth-order valence-electron chi connectivity index (χ4n) is 2.97. The zero-order chi connectivity index (χ0) is 19.1. The third kappa shape index (κ3) is 5.49. The number of hydrogen-bond acceptors (Lipinski definition) is 8. The predicted molar refractivity (Wildman–Crippen MR) is 98.9 cm³/mol. The summed E-state index contributed by atoms with van der Waals surface area (Å²) in [6.07, 6.45) is -0.403. The van der Waals surface area contributed by atoms with Gasteiger partial charge in [0.1, 0.15) is 30.9 Å². The second-order valence-electron chi connectivity index (χ2n) is 6.25. The Morgan fingerprint density at radius 2 is 2.22 bits per heavy atom. The number of anilines is 1. The number of benzene rings is 1. The van der Waals surface area contributed by atoms with E-state index in [1.807, 2.05) is 4.90 Å². The minimum atomic E-state index is -0.454. The number of ketones is 1. The van der Waals surface area contributed by atoms with Gasteiger partial charge in [-0.2, -0.15) is 0 Å². The number of aliphatic hydroxyl groups excluding tert-OH is 1. The zero-order valence-corrected chi connectivity index (χ0v) is 15.0. The molecule has 146 valence electrons. The molecule has 0 aromatic heterocycles. The lowest BCUT2D eigenvalue weighted by molar-refractivity contribution is -0.126. The molecule has 2 aliphatic heterocycles. The number of aliphatic imine (C=N–C) groups is 1. The van der Waals surface area contributed by atoms with Gasteiger partial charge in [-0.1, -0.05) is 6.07 Å². The van der Waals surface area contributed by atoms with Crippen molar-refractivity contribution in [1.82, 2.24) is 10.2 Å². The summed E-state index contributed by atoms with van der Waals surface area (Å²) in [4.78, 5) is 30.7. The first-order chi connectivity index (χ1) is 13.2. The number of aliphatic hydroxyl groups is 1. The van der Waals surface area contributed by atoms with Gasteiger partial charge in [0.2, 0.25) is 5.91 Å². The van der Waals surface area contributed by atoms with Gasteiger partial charge < -0.3 is 25.2 Å². The lowest BCUT2D eigenvalue weighted by atomic mass is 10.2. The molecular formula is C18H24N4O5. The van der Waals surface area contributed by atoms with Crippen LogP contribution in [0.2, 0.25) is 0 Å². The van der Waals surface area contributed by atoms with E-state index >= 15 is 0 Å². The lowest BCUT2D eigenvalue weighted by Gasteiger charge is -2.36. The molecule has 1 aromatic carbocycles. The number of carbonyl (C=O) groups is 2. The Bertz CT molecular complexity index is 703. The maximum atomic E-state index is 12.3. The van der Waals surface area contributed by atoms with Crippen LogP contribution in [-0.2, 0) is 14.3 Å². The van der Waals surface area contributed by atoms with E-state index in [1.165, 1.54) is 0 Å².